The van der Waals surface area contributed by atoms with Crippen LogP contribution in [0.5, 0.6) is 11.5 Å². The quantitative estimate of drug-likeness (QED) is 0.569. The van der Waals surface area contributed by atoms with Crippen LogP contribution in [0.15, 0.2) is 46.3 Å². The highest BCUT2D eigenvalue weighted by atomic mass is 32.2. The van der Waals surface area contributed by atoms with Crippen LogP contribution in [-0.4, -0.2) is 34.0 Å². The lowest BCUT2D eigenvalue weighted by atomic mass is 10.1. The number of aliphatic imine (C=N–C) groups is 1. The molecule has 8 heteroatoms. The lowest BCUT2D eigenvalue weighted by molar-refractivity contribution is 0.174. The van der Waals surface area contributed by atoms with Crippen LogP contribution in [-0.2, 0) is 22.9 Å². The minimum Gasteiger partial charge on any atom is -0.454 e. The molecule has 0 aliphatic carbocycles. The van der Waals surface area contributed by atoms with E-state index in [0.717, 1.165) is 34.7 Å². The minimum absolute atomic E-state index is 0.258. The molecule has 0 saturated carbocycles. The summed E-state index contributed by atoms with van der Waals surface area (Å²) < 4.78 is 34.2. The Labute approximate surface area is 165 Å². The van der Waals surface area contributed by atoms with Crippen LogP contribution in [0.25, 0.3) is 0 Å². The van der Waals surface area contributed by atoms with Crippen LogP contribution in [0.1, 0.15) is 23.6 Å². The van der Waals surface area contributed by atoms with E-state index in [1.807, 2.05) is 31.2 Å². The van der Waals surface area contributed by atoms with Gasteiger partial charge in [-0.2, -0.15) is 0 Å². The van der Waals surface area contributed by atoms with E-state index in [1.165, 1.54) is 6.26 Å². The average Bonchev–Trinajstić information content (AvgIpc) is 3.10. The van der Waals surface area contributed by atoms with Gasteiger partial charge in [0.05, 0.1) is 11.4 Å². The smallest absolute Gasteiger partial charge is 0.231 e. The standard InChI is InChI=1S/C20H25N3O4S/c1-4-21-20(23-12-16-5-7-17-18(10-16)27-13-26-17)22-11-15-6-8-19(14(2)9-15)28(3,24)25/h5-10H,4,11-13H2,1-3H3,(H2,21,22,23). The maximum Gasteiger partial charge on any atom is 0.231 e. The van der Waals surface area contributed by atoms with Gasteiger partial charge >= 0.3 is 0 Å². The molecule has 0 amide bonds. The van der Waals surface area contributed by atoms with Crippen molar-refractivity contribution >= 4 is 15.8 Å². The topological polar surface area (TPSA) is 89.0 Å². The summed E-state index contributed by atoms with van der Waals surface area (Å²) in [5, 5.41) is 6.51. The molecule has 2 aromatic rings. The van der Waals surface area contributed by atoms with Gasteiger partial charge in [-0.25, -0.2) is 13.4 Å². The van der Waals surface area contributed by atoms with Crippen LogP contribution in [0.2, 0.25) is 0 Å². The van der Waals surface area contributed by atoms with Crippen molar-refractivity contribution in [2.24, 2.45) is 4.99 Å². The molecule has 0 spiro atoms. The number of hydrogen-bond donors (Lipinski definition) is 2. The summed E-state index contributed by atoms with van der Waals surface area (Å²) in [5.41, 5.74) is 2.74. The molecule has 1 aliphatic heterocycles. The SMILES string of the molecule is CCNC(=NCc1ccc(S(C)(=O)=O)c(C)c1)NCc1ccc2c(c1)OCO2. The Kier molecular flexibility index (Phi) is 6.08. The van der Waals surface area contributed by atoms with Crippen molar-refractivity contribution in [2.75, 3.05) is 19.6 Å². The largest absolute Gasteiger partial charge is 0.454 e. The summed E-state index contributed by atoms with van der Waals surface area (Å²) in [6.07, 6.45) is 1.22. The van der Waals surface area contributed by atoms with Gasteiger partial charge in [0.25, 0.3) is 0 Å². The fraction of sp³-hybridized carbons (Fsp3) is 0.350. The second-order valence-corrected chi connectivity index (χ2v) is 8.59. The maximum atomic E-state index is 11.7. The number of nitrogens with one attached hydrogen (secondary N) is 2. The Bertz CT molecular complexity index is 987. The van der Waals surface area contributed by atoms with Crippen LogP contribution in [0.4, 0.5) is 0 Å². The van der Waals surface area contributed by atoms with Crippen LogP contribution in [0.3, 0.4) is 0 Å². The molecule has 1 heterocycles. The summed E-state index contributed by atoms with van der Waals surface area (Å²) in [6, 6.07) is 11.1. The lowest BCUT2D eigenvalue weighted by Gasteiger charge is -2.12. The number of benzene rings is 2. The van der Waals surface area contributed by atoms with Gasteiger partial charge in [0.2, 0.25) is 6.79 Å². The normalized spacial score (nSPS) is 13.5. The fourth-order valence-electron chi connectivity index (χ4n) is 2.97. The molecule has 0 bridgehead atoms. The van der Waals surface area contributed by atoms with Crippen molar-refractivity contribution in [3.05, 3.63) is 53.1 Å². The Morgan fingerprint density at radius 3 is 2.54 bits per heavy atom. The van der Waals surface area contributed by atoms with Crippen LogP contribution >= 0.6 is 0 Å². The third-order valence-electron chi connectivity index (χ3n) is 4.30. The van der Waals surface area contributed by atoms with E-state index < -0.39 is 9.84 Å². The number of nitrogens with zero attached hydrogens (tertiary/aromatic N) is 1. The summed E-state index contributed by atoms with van der Waals surface area (Å²) >= 11 is 0. The second-order valence-electron chi connectivity index (χ2n) is 6.61. The predicted octanol–water partition coefficient (Wildman–Crippen LogP) is 2.38. The summed E-state index contributed by atoms with van der Waals surface area (Å²) in [5.74, 6) is 2.20. The van der Waals surface area contributed by atoms with Gasteiger partial charge < -0.3 is 20.1 Å². The zero-order valence-corrected chi connectivity index (χ0v) is 17.1. The van der Waals surface area contributed by atoms with E-state index in [9.17, 15) is 8.42 Å². The average molecular weight is 404 g/mol. The van der Waals surface area contributed by atoms with Gasteiger partial charge in [0.15, 0.2) is 27.3 Å². The van der Waals surface area contributed by atoms with Crippen molar-refractivity contribution in [3.8, 4) is 11.5 Å². The van der Waals surface area contributed by atoms with E-state index >= 15 is 0 Å². The Morgan fingerprint density at radius 1 is 1.07 bits per heavy atom. The monoisotopic (exact) mass is 403 g/mol. The van der Waals surface area contributed by atoms with Gasteiger partial charge in [-0.3, -0.25) is 0 Å². The highest BCUT2D eigenvalue weighted by Crippen LogP contribution is 2.32. The molecule has 7 nitrogen and oxygen atoms in total. The van der Waals surface area contributed by atoms with Gasteiger partial charge in [0, 0.05) is 19.3 Å². The molecule has 0 radical (unpaired) electrons. The first kappa shape index (κ1) is 20.0. The van der Waals surface area contributed by atoms with E-state index in [0.29, 0.717) is 23.9 Å². The first-order valence-electron chi connectivity index (χ1n) is 9.07. The first-order chi connectivity index (χ1) is 13.4. The van der Waals surface area contributed by atoms with Gasteiger partial charge in [-0.05, 0) is 48.7 Å². The molecule has 3 rings (SSSR count). The zero-order valence-electron chi connectivity index (χ0n) is 16.3. The molecule has 1 aliphatic rings. The van der Waals surface area contributed by atoms with Crippen LogP contribution in [0, 0.1) is 6.92 Å². The molecule has 0 aromatic heterocycles. The van der Waals surface area contributed by atoms with Crippen LogP contribution < -0.4 is 20.1 Å². The van der Waals surface area contributed by atoms with Gasteiger partial charge in [0.1, 0.15) is 0 Å². The Hall–Kier alpha value is -2.74. The van der Waals surface area contributed by atoms with E-state index in [-0.39, 0.29) is 6.79 Å². The summed E-state index contributed by atoms with van der Waals surface area (Å²) in [6.45, 7) is 5.83. The molecule has 28 heavy (non-hydrogen) atoms. The number of hydrogen-bond acceptors (Lipinski definition) is 5. The zero-order chi connectivity index (χ0) is 20.1. The van der Waals surface area contributed by atoms with Crippen molar-refractivity contribution in [1.82, 2.24) is 10.6 Å². The lowest BCUT2D eigenvalue weighted by Crippen LogP contribution is -2.36. The minimum atomic E-state index is -3.21. The first-order valence-corrected chi connectivity index (χ1v) is 11.0. The number of fused-ring (bicyclic) bond motifs is 1. The fourth-order valence-corrected chi connectivity index (χ4v) is 3.93. The summed E-state index contributed by atoms with van der Waals surface area (Å²) in [4.78, 5) is 4.95. The highest BCUT2D eigenvalue weighted by molar-refractivity contribution is 7.90. The molecular formula is C20H25N3O4S. The number of guanidine groups is 1. The van der Waals surface area contributed by atoms with E-state index in [1.54, 1.807) is 19.1 Å². The number of rotatable bonds is 6. The molecule has 0 saturated heterocycles. The van der Waals surface area contributed by atoms with Crippen molar-refractivity contribution in [1.29, 1.82) is 0 Å². The van der Waals surface area contributed by atoms with E-state index in [4.69, 9.17) is 9.47 Å². The molecule has 2 N–H and O–H groups in total. The molecule has 0 unspecified atom stereocenters. The Morgan fingerprint density at radius 2 is 1.82 bits per heavy atom. The molecular weight excluding hydrogens is 378 g/mol. The third kappa shape index (κ3) is 4.95. The molecule has 2 aromatic carbocycles. The third-order valence-corrected chi connectivity index (χ3v) is 5.56. The van der Waals surface area contributed by atoms with Gasteiger partial charge in [-0.1, -0.05) is 18.2 Å². The second kappa shape index (κ2) is 8.52. The number of aryl methyl sites for hydroxylation is 1. The molecule has 0 fully saturated rings. The Balaban J connectivity index is 1.66. The number of sulfone groups is 1. The molecule has 150 valence electrons. The molecule has 0 atom stereocenters. The van der Waals surface area contributed by atoms with Crippen molar-refractivity contribution in [3.63, 3.8) is 0 Å². The van der Waals surface area contributed by atoms with Crippen molar-refractivity contribution in [2.45, 2.75) is 31.8 Å². The number of ether oxygens (including phenoxy) is 2. The highest BCUT2D eigenvalue weighted by Gasteiger charge is 2.13. The predicted molar refractivity (Wildman–Crippen MR) is 109 cm³/mol. The van der Waals surface area contributed by atoms with Crippen molar-refractivity contribution < 1.29 is 17.9 Å². The van der Waals surface area contributed by atoms with Gasteiger partial charge in [-0.15, -0.1) is 0 Å². The maximum absolute atomic E-state index is 11.7. The summed E-state index contributed by atoms with van der Waals surface area (Å²) in [7, 11) is -3.21. The van der Waals surface area contributed by atoms with E-state index in [2.05, 4.69) is 15.6 Å².